The lowest BCUT2D eigenvalue weighted by Crippen LogP contribution is -2.11. The number of thiophene rings is 1. The second-order valence-corrected chi connectivity index (χ2v) is 5.56. The second kappa shape index (κ2) is 7.04. The molecule has 1 N–H and O–H groups in total. The van der Waals surface area contributed by atoms with Crippen molar-refractivity contribution in [3.8, 4) is 11.1 Å². The summed E-state index contributed by atoms with van der Waals surface area (Å²) in [5, 5.41) is 5.93. The van der Waals surface area contributed by atoms with Crippen LogP contribution in [0.1, 0.15) is 17.3 Å². The number of esters is 1. The molecule has 1 aromatic carbocycles. The Bertz CT molecular complexity index is 644. The van der Waals surface area contributed by atoms with Crippen LogP contribution in [0.5, 0.6) is 0 Å². The van der Waals surface area contributed by atoms with E-state index in [0.717, 1.165) is 16.1 Å². The molecule has 0 bridgehead atoms. The number of carbonyl (C=O) groups excluding carboxylic acids is 1. The number of ether oxygens (including phenoxy) is 1. The normalized spacial score (nSPS) is 10.0. The van der Waals surface area contributed by atoms with Crippen molar-refractivity contribution in [3.63, 3.8) is 0 Å². The average molecular weight is 303 g/mol. The molecule has 0 atom stereocenters. The zero-order valence-electron chi connectivity index (χ0n) is 12.4. The molecule has 0 saturated heterocycles. The first-order valence-corrected chi connectivity index (χ1v) is 7.61. The molecule has 0 radical (unpaired) electrons. The van der Waals surface area contributed by atoms with Crippen molar-refractivity contribution in [2.75, 3.05) is 26.0 Å². The SMILES string of the molecule is CCOC(=O)c1c(-c2ccccc2)csc1NC=[N+](C)C. The highest BCUT2D eigenvalue weighted by molar-refractivity contribution is 7.15. The number of nitrogens with one attached hydrogen (secondary N) is 1. The first-order valence-electron chi connectivity index (χ1n) is 6.73. The molecule has 5 heteroatoms. The molecule has 2 aromatic rings. The molecule has 0 fully saturated rings. The Morgan fingerprint density at radius 1 is 1.33 bits per heavy atom. The lowest BCUT2D eigenvalue weighted by molar-refractivity contribution is -0.459. The molecule has 0 aliphatic carbocycles. The summed E-state index contributed by atoms with van der Waals surface area (Å²) in [7, 11) is 3.84. The third-order valence-electron chi connectivity index (χ3n) is 2.81. The van der Waals surface area contributed by atoms with Crippen LogP contribution in [0.25, 0.3) is 11.1 Å². The minimum Gasteiger partial charge on any atom is -0.462 e. The van der Waals surface area contributed by atoms with Crippen molar-refractivity contribution in [1.29, 1.82) is 0 Å². The third kappa shape index (κ3) is 3.70. The standard InChI is InChI=1S/C16H18N2O2S/c1-4-20-16(19)14-13(12-8-6-5-7-9-12)10-21-15(14)17-11-18(2)3/h5-11H,4H2,1-3H3/p+1. The van der Waals surface area contributed by atoms with Crippen molar-refractivity contribution in [2.24, 2.45) is 0 Å². The first-order chi connectivity index (χ1) is 10.1. The van der Waals surface area contributed by atoms with Crippen molar-refractivity contribution in [3.05, 3.63) is 41.3 Å². The number of benzene rings is 1. The summed E-state index contributed by atoms with van der Waals surface area (Å²) in [5.74, 6) is -0.299. The van der Waals surface area contributed by atoms with Gasteiger partial charge in [0.25, 0.3) is 0 Å². The van der Waals surface area contributed by atoms with Crippen LogP contribution in [0.2, 0.25) is 0 Å². The minimum atomic E-state index is -0.299. The average Bonchev–Trinajstić information content (AvgIpc) is 2.90. The van der Waals surface area contributed by atoms with Gasteiger partial charge in [-0.2, -0.15) is 0 Å². The minimum absolute atomic E-state index is 0.299. The Labute approximate surface area is 128 Å². The Morgan fingerprint density at radius 2 is 2.05 bits per heavy atom. The fourth-order valence-electron chi connectivity index (χ4n) is 1.89. The number of rotatable bonds is 5. The Hall–Kier alpha value is -2.14. The summed E-state index contributed by atoms with van der Waals surface area (Å²) < 4.78 is 7.08. The molecule has 2 rings (SSSR count). The van der Waals surface area contributed by atoms with Gasteiger partial charge in [-0.1, -0.05) is 30.3 Å². The van der Waals surface area contributed by atoms with Crippen LogP contribution in [0, 0.1) is 0 Å². The highest BCUT2D eigenvalue weighted by Crippen LogP contribution is 2.35. The quantitative estimate of drug-likeness (QED) is 0.399. The number of anilines is 1. The number of carbonyl (C=O) groups is 1. The van der Waals surface area contributed by atoms with E-state index in [4.69, 9.17) is 4.74 Å². The van der Waals surface area contributed by atoms with E-state index in [1.54, 1.807) is 0 Å². The molecule has 4 nitrogen and oxygen atoms in total. The predicted molar refractivity (Wildman–Crippen MR) is 87.5 cm³/mol. The van der Waals surface area contributed by atoms with Gasteiger partial charge < -0.3 is 4.74 Å². The van der Waals surface area contributed by atoms with Crippen LogP contribution in [-0.4, -0.2) is 37.6 Å². The summed E-state index contributed by atoms with van der Waals surface area (Å²) in [6, 6.07) is 9.86. The molecule has 0 aliphatic heterocycles. The van der Waals surface area contributed by atoms with Crippen molar-refractivity contribution < 1.29 is 14.1 Å². The molecule has 0 spiro atoms. The van der Waals surface area contributed by atoms with Gasteiger partial charge in [0.1, 0.15) is 5.56 Å². The van der Waals surface area contributed by atoms with E-state index in [1.165, 1.54) is 11.3 Å². The molecule has 0 saturated carbocycles. The van der Waals surface area contributed by atoms with Gasteiger partial charge in [0, 0.05) is 10.9 Å². The van der Waals surface area contributed by atoms with Gasteiger partial charge in [-0.25, -0.2) is 10.1 Å². The van der Waals surface area contributed by atoms with Crippen LogP contribution >= 0.6 is 11.3 Å². The summed E-state index contributed by atoms with van der Waals surface area (Å²) in [6.07, 6.45) is 1.81. The summed E-state index contributed by atoms with van der Waals surface area (Å²) in [4.78, 5) is 12.3. The monoisotopic (exact) mass is 303 g/mol. The van der Waals surface area contributed by atoms with E-state index in [0.29, 0.717) is 12.2 Å². The van der Waals surface area contributed by atoms with Gasteiger partial charge in [0.15, 0.2) is 5.00 Å². The number of hydrogen-bond donors (Lipinski definition) is 1. The van der Waals surface area contributed by atoms with Crippen molar-refractivity contribution in [1.82, 2.24) is 0 Å². The van der Waals surface area contributed by atoms with Gasteiger partial charge in [0.2, 0.25) is 6.34 Å². The van der Waals surface area contributed by atoms with Gasteiger partial charge in [-0.05, 0) is 12.5 Å². The van der Waals surface area contributed by atoms with Crippen molar-refractivity contribution in [2.45, 2.75) is 6.92 Å². The summed E-state index contributed by atoms with van der Waals surface area (Å²) in [6.45, 7) is 2.17. The third-order valence-corrected chi connectivity index (χ3v) is 3.72. The fraction of sp³-hybridized carbons (Fsp3) is 0.250. The first kappa shape index (κ1) is 15.3. The molecule has 0 unspecified atom stereocenters. The summed E-state index contributed by atoms with van der Waals surface area (Å²) in [5.41, 5.74) is 2.49. The smallest absolute Gasteiger partial charge is 0.344 e. The Balaban J connectivity index is 2.46. The highest BCUT2D eigenvalue weighted by atomic mass is 32.1. The molecule has 1 aromatic heterocycles. The van der Waals surface area contributed by atoms with Crippen LogP contribution in [-0.2, 0) is 4.74 Å². The largest absolute Gasteiger partial charge is 0.462 e. The fourth-order valence-corrected chi connectivity index (χ4v) is 2.81. The maximum Gasteiger partial charge on any atom is 0.344 e. The molecular weight excluding hydrogens is 284 g/mol. The van der Waals surface area contributed by atoms with E-state index < -0.39 is 0 Å². The Kier molecular flexibility index (Phi) is 5.11. The van der Waals surface area contributed by atoms with Crippen LogP contribution in [0.4, 0.5) is 5.00 Å². The maximum atomic E-state index is 12.3. The van der Waals surface area contributed by atoms with E-state index >= 15 is 0 Å². The zero-order valence-corrected chi connectivity index (χ0v) is 13.2. The lowest BCUT2D eigenvalue weighted by atomic mass is 10.0. The van der Waals surface area contributed by atoms with E-state index in [9.17, 15) is 4.79 Å². The highest BCUT2D eigenvalue weighted by Gasteiger charge is 2.23. The van der Waals surface area contributed by atoms with Gasteiger partial charge >= 0.3 is 5.97 Å². The number of hydrogen-bond acceptors (Lipinski definition) is 3. The van der Waals surface area contributed by atoms with E-state index in [-0.39, 0.29) is 5.97 Å². The lowest BCUT2D eigenvalue weighted by Gasteiger charge is -2.05. The van der Waals surface area contributed by atoms with Gasteiger partial charge in [0.05, 0.1) is 20.7 Å². The van der Waals surface area contributed by atoms with E-state index in [1.807, 2.05) is 67.6 Å². The molecular formula is C16H19N2O2S+. The molecule has 0 aliphatic rings. The topological polar surface area (TPSA) is 41.3 Å². The van der Waals surface area contributed by atoms with Gasteiger partial charge in [-0.15, -0.1) is 11.3 Å². The molecule has 110 valence electrons. The molecule has 1 heterocycles. The maximum absolute atomic E-state index is 12.3. The van der Waals surface area contributed by atoms with Crippen LogP contribution in [0.3, 0.4) is 0 Å². The number of nitrogens with zero attached hydrogens (tertiary/aromatic N) is 1. The molecule has 21 heavy (non-hydrogen) atoms. The molecule has 0 amide bonds. The van der Waals surface area contributed by atoms with E-state index in [2.05, 4.69) is 5.32 Å². The van der Waals surface area contributed by atoms with Crippen LogP contribution < -0.4 is 5.32 Å². The second-order valence-electron chi connectivity index (χ2n) is 4.68. The van der Waals surface area contributed by atoms with Gasteiger partial charge in [-0.3, -0.25) is 4.58 Å². The summed E-state index contributed by atoms with van der Waals surface area (Å²) >= 11 is 1.50. The van der Waals surface area contributed by atoms with Crippen LogP contribution in [0.15, 0.2) is 35.7 Å². The zero-order chi connectivity index (χ0) is 15.2. The Morgan fingerprint density at radius 3 is 2.67 bits per heavy atom. The van der Waals surface area contributed by atoms with Crippen molar-refractivity contribution >= 4 is 28.6 Å². The predicted octanol–water partition coefficient (Wildman–Crippen LogP) is 3.30.